The Hall–Kier alpha value is 0.270. The van der Waals surface area contributed by atoms with Crippen molar-refractivity contribution in [2.24, 2.45) is 5.41 Å². The van der Waals surface area contributed by atoms with Crippen molar-refractivity contribution in [3.05, 3.63) is 0 Å². The lowest BCUT2D eigenvalue weighted by atomic mass is 9.75. The van der Waals surface area contributed by atoms with Crippen LogP contribution in [0.15, 0.2) is 0 Å². The summed E-state index contributed by atoms with van der Waals surface area (Å²) in [6, 6.07) is 0. The molecule has 1 rings (SSSR count). The van der Waals surface area contributed by atoms with Crippen LogP contribution in [0, 0.1) is 5.41 Å². The number of β-amino-alcohol motifs (C(OH)–C–C–N with tert-alkyl or cyclic N) is 1. The molecule has 0 radical (unpaired) electrons. The van der Waals surface area contributed by atoms with Crippen LogP contribution >= 0.6 is 11.8 Å². The predicted octanol–water partition coefficient (Wildman–Crippen LogP) is 2.22. The molecule has 1 N–H and O–H groups in total. The summed E-state index contributed by atoms with van der Waals surface area (Å²) in [7, 11) is 0. The highest BCUT2D eigenvalue weighted by Crippen LogP contribution is 2.37. The fourth-order valence-corrected chi connectivity index (χ4v) is 3.26. The molecule has 1 aliphatic heterocycles. The molecule has 15 heavy (non-hydrogen) atoms. The Morgan fingerprint density at radius 1 is 1.33 bits per heavy atom. The quantitative estimate of drug-likeness (QED) is 0.758. The van der Waals surface area contributed by atoms with Gasteiger partial charge in [-0.2, -0.15) is 11.8 Å². The van der Waals surface area contributed by atoms with Gasteiger partial charge in [-0.25, -0.2) is 0 Å². The number of hydrogen-bond donors (Lipinski definition) is 1. The van der Waals surface area contributed by atoms with Gasteiger partial charge in [0.1, 0.15) is 0 Å². The van der Waals surface area contributed by atoms with E-state index in [4.69, 9.17) is 0 Å². The molecular weight excluding hydrogens is 206 g/mol. The molecule has 1 unspecified atom stereocenters. The second-order valence-corrected chi connectivity index (χ2v) is 6.15. The summed E-state index contributed by atoms with van der Waals surface area (Å²) < 4.78 is 0. The molecule has 3 heteroatoms. The van der Waals surface area contributed by atoms with Crippen molar-refractivity contribution in [1.82, 2.24) is 4.90 Å². The van der Waals surface area contributed by atoms with Gasteiger partial charge < -0.3 is 5.11 Å². The van der Waals surface area contributed by atoms with Gasteiger partial charge in [-0.05, 0) is 31.4 Å². The van der Waals surface area contributed by atoms with Gasteiger partial charge in [0.05, 0.1) is 5.60 Å². The smallest absolute Gasteiger partial charge is 0.0835 e. The minimum atomic E-state index is -0.521. The van der Waals surface area contributed by atoms with E-state index >= 15 is 0 Å². The molecule has 0 amide bonds. The van der Waals surface area contributed by atoms with Crippen molar-refractivity contribution in [1.29, 1.82) is 0 Å². The summed E-state index contributed by atoms with van der Waals surface area (Å²) in [6.45, 7) is 9.67. The second kappa shape index (κ2) is 5.07. The van der Waals surface area contributed by atoms with E-state index in [0.717, 1.165) is 12.3 Å². The Labute approximate surface area is 98.4 Å². The fourth-order valence-electron chi connectivity index (χ4n) is 2.55. The number of hydrogen-bond acceptors (Lipinski definition) is 3. The Kier molecular flexibility index (Phi) is 4.50. The fraction of sp³-hybridized carbons (Fsp3) is 1.00. The third-order valence-corrected chi connectivity index (χ3v) is 4.55. The summed E-state index contributed by atoms with van der Waals surface area (Å²) >= 11 is 1.72. The van der Waals surface area contributed by atoms with Crippen LogP contribution < -0.4 is 0 Å². The third-order valence-electron chi connectivity index (χ3n) is 3.64. The molecule has 0 spiro atoms. The Morgan fingerprint density at radius 2 is 1.87 bits per heavy atom. The lowest BCUT2D eigenvalue weighted by Crippen LogP contribution is -2.59. The average Bonchev–Trinajstić information content (AvgIpc) is 2.10. The summed E-state index contributed by atoms with van der Waals surface area (Å²) in [4.78, 5) is 2.39. The third kappa shape index (κ3) is 3.36. The van der Waals surface area contributed by atoms with Crippen LogP contribution in [0.1, 0.15) is 33.6 Å². The maximum atomic E-state index is 10.1. The molecule has 2 nitrogen and oxygen atoms in total. The largest absolute Gasteiger partial charge is 0.388 e. The molecular formula is C12H25NOS. The van der Waals surface area contributed by atoms with Crippen molar-refractivity contribution in [2.45, 2.75) is 39.2 Å². The SMILES string of the molecule is CCC1(CC)CN(CC(C)(O)CSC)C1. The van der Waals surface area contributed by atoms with Crippen LogP contribution in [0.4, 0.5) is 0 Å². The number of rotatable bonds is 6. The molecule has 0 aliphatic carbocycles. The topological polar surface area (TPSA) is 23.5 Å². The number of likely N-dealkylation sites (tertiary alicyclic amines) is 1. The highest BCUT2D eigenvalue weighted by molar-refractivity contribution is 7.98. The van der Waals surface area contributed by atoms with Crippen molar-refractivity contribution < 1.29 is 5.11 Å². The van der Waals surface area contributed by atoms with Crippen molar-refractivity contribution in [2.75, 3.05) is 31.6 Å². The average molecular weight is 231 g/mol. The number of aliphatic hydroxyl groups is 1. The first-order chi connectivity index (χ1) is 6.97. The maximum Gasteiger partial charge on any atom is 0.0835 e. The zero-order valence-corrected chi connectivity index (χ0v) is 11.4. The molecule has 90 valence electrons. The molecule has 0 bridgehead atoms. The van der Waals surface area contributed by atoms with Crippen LogP contribution in [0.2, 0.25) is 0 Å². The summed E-state index contributed by atoms with van der Waals surface area (Å²) in [5, 5.41) is 10.1. The zero-order valence-electron chi connectivity index (χ0n) is 10.5. The van der Waals surface area contributed by atoms with E-state index < -0.39 is 5.60 Å². The van der Waals surface area contributed by atoms with Gasteiger partial charge >= 0.3 is 0 Å². The molecule has 1 aliphatic rings. The first kappa shape index (κ1) is 13.3. The first-order valence-corrected chi connectivity index (χ1v) is 7.30. The lowest BCUT2D eigenvalue weighted by Gasteiger charge is -2.51. The summed E-state index contributed by atoms with van der Waals surface area (Å²) in [5.74, 6) is 0.828. The van der Waals surface area contributed by atoms with Crippen molar-refractivity contribution in [3.63, 3.8) is 0 Å². The van der Waals surface area contributed by atoms with E-state index in [9.17, 15) is 5.11 Å². The van der Waals surface area contributed by atoms with E-state index in [2.05, 4.69) is 18.7 Å². The predicted molar refractivity (Wildman–Crippen MR) is 68.5 cm³/mol. The van der Waals surface area contributed by atoms with Gasteiger partial charge in [0.2, 0.25) is 0 Å². The summed E-state index contributed by atoms with van der Waals surface area (Å²) in [6.07, 6.45) is 4.59. The molecule has 0 aromatic rings. The van der Waals surface area contributed by atoms with Gasteiger partial charge in [-0.1, -0.05) is 13.8 Å². The molecule has 1 fully saturated rings. The maximum absolute atomic E-state index is 10.1. The lowest BCUT2D eigenvalue weighted by molar-refractivity contribution is -0.0557. The van der Waals surface area contributed by atoms with Crippen LogP contribution in [-0.2, 0) is 0 Å². The number of nitrogens with zero attached hydrogens (tertiary/aromatic N) is 1. The molecule has 1 saturated heterocycles. The van der Waals surface area contributed by atoms with E-state index in [0.29, 0.717) is 5.41 Å². The van der Waals surface area contributed by atoms with Gasteiger partial charge in [0.15, 0.2) is 0 Å². The van der Waals surface area contributed by atoms with Gasteiger partial charge in [-0.15, -0.1) is 0 Å². The monoisotopic (exact) mass is 231 g/mol. The van der Waals surface area contributed by atoms with Crippen LogP contribution in [0.25, 0.3) is 0 Å². The van der Waals surface area contributed by atoms with Gasteiger partial charge in [-0.3, -0.25) is 4.90 Å². The second-order valence-electron chi connectivity index (χ2n) is 5.28. The van der Waals surface area contributed by atoms with Gasteiger partial charge in [0, 0.05) is 25.4 Å². The normalized spacial score (nSPS) is 24.6. The van der Waals surface area contributed by atoms with Crippen LogP contribution in [0.5, 0.6) is 0 Å². The Balaban J connectivity index is 2.33. The molecule has 1 heterocycles. The summed E-state index contributed by atoms with van der Waals surface area (Å²) in [5.41, 5.74) is 0.0303. The van der Waals surface area contributed by atoms with E-state index in [1.54, 1.807) is 11.8 Å². The molecule has 1 atom stereocenters. The highest BCUT2D eigenvalue weighted by atomic mass is 32.2. The minimum absolute atomic E-state index is 0.521. The van der Waals surface area contributed by atoms with E-state index in [1.165, 1.54) is 25.9 Å². The standard InChI is InChI=1S/C12H25NOS/c1-5-12(6-2)8-13(9-12)7-11(3,14)10-15-4/h14H,5-10H2,1-4H3. The van der Waals surface area contributed by atoms with E-state index in [1.807, 2.05) is 13.2 Å². The minimum Gasteiger partial charge on any atom is -0.388 e. The first-order valence-electron chi connectivity index (χ1n) is 5.90. The Morgan fingerprint density at radius 3 is 2.27 bits per heavy atom. The van der Waals surface area contributed by atoms with Gasteiger partial charge in [0.25, 0.3) is 0 Å². The van der Waals surface area contributed by atoms with Crippen LogP contribution in [-0.4, -0.2) is 47.3 Å². The molecule has 0 aromatic heterocycles. The van der Waals surface area contributed by atoms with Crippen molar-refractivity contribution >= 4 is 11.8 Å². The zero-order chi connectivity index (χ0) is 11.5. The molecule has 0 aromatic carbocycles. The van der Waals surface area contributed by atoms with Crippen molar-refractivity contribution in [3.8, 4) is 0 Å². The van der Waals surface area contributed by atoms with Crippen LogP contribution in [0.3, 0.4) is 0 Å². The van der Waals surface area contributed by atoms with E-state index in [-0.39, 0.29) is 0 Å². The highest BCUT2D eigenvalue weighted by Gasteiger charge is 2.41. The molecule has 0 saturated carbocycles. The Bertz CT molecular complexity index is 194. The number of thioether (sulfide) groups is 1.